The number of nitro groups is 1. The van der Waals surface area contributed by atoms with Gasteiger partial charge >= 0.3 is 0 Å². The Kier molecular flexibility index (Phi) is 8.97. The van der Waals surface area contributed by atoms with Crippen LogP contribution in [0.3, 0.4) is 0 Å². The van der Waals surface area contributed by atoms with Crippen molar-refractivity contribution in [3.63, 3.8) is 0 Å². The number of carbonyl (C=O) groups excluding carboxylic acids is 2. The number of benzene rings is 2. The molecule has 0 aliphatic carbocycles. The third-order valence-corrected chi connectivity index (χ3v) is 4.17. The molecule has 0 saturated heterocycles. The summed E-state index contributed by atoms with van der Waals surface area (Å²) in [7, 11) is 0. The van der Waals surface area contributed by atoms with Crippen LogP contribution in [-0.4, -0.2) is 29.9 Å². The number of nitro benzene ring substituents is 1. The van der Waals surface area contributed by atoms with E-state index in [-0.39, 0.29) is 17.9 Å². The molecular weight excluding hydrogens is 398 g/mol. The quantitative estimate of drug-likeness (QED) is 0.188. The molecule has 0 saturated carbocycles. The number of amides is 2. The zero-order chi connectivity index (χ0) is 22.6. The number of hydrogen-bond acceptors (Lipinski definition) is 5. The van der Waals surface area contributed by atoms with E-state index in [9.17, 15) is 19.7 Å². The van der Waals surface area contributed by atoms with Gasteiger partial charge in [-0.05, 0) is 42.3 Å². The maximum Gasteiger partial charge on any atom is 0.270 e. The number of rotatable bonds is 11. The first-order valence-electron chi connectivity index (χ1n) is 9.84. The Labute approximate surface area is 180 Å². The van der Waals surface area contributed by atoms with Gasteiger partial charge in [0, 0.05) is 24.2 Å². The maximum atomic E-state index is 12.7. The van der Waals surface area contributed by atoms with Crippen LogP contribution in [0, 0.1) is 10.1 Å². The molecule has 0 atom stereocenters. The molecule has 2 rings (SSSR count). The van der Waals surface area contributed by atoms with Crippen LogP contribution in [0.5, 0.6) is 5.75 Å². The topological polar surface area (TPSA) is 111 Å². The van der Waals surface area contributed by atoms with Crippen LogP contribution < -0.4 is 15.4 Å². The number of ether oxygens (including phenoxy) is 1. The molecular formula is C23H25N3O5. The van der Waals surface area contributed by atoms with Crippen LogP contribution in [0.4, 0.5) is 5.69 Å². The number of hydrogen-bond donors (Lipinski definition) is 2. The molecule has 2 N–H and O–H groups in total. The lowest BCUT2D eigenvalue weighted by atomic mass is 10.1. The van der Waals surface area contributed by atoms with Crippen LogP contribution >= 0.6 is 0 Å². The van der Waals surface area contributed by atoms with Gasteiger partial charge in [-0.2, -0.15) is 0 Å². The van der Waals surface area contributed by atoms with Gasteiger partial charge in [-0.1, -0.05) is 31.6 Å². The third-order valence-electron chi connectivity index (χ3n) is 4.17. The molecule has 0 fully saturated rings. The molecule has 0 aliphatic rings. The van der Waals surface area contributed by atoms with Crippen molar-refractivity contribution in [2.45, 2.75) is 19.8 Å². The van der Waals surface area contributed by atoms with Crippen LogP contribution in [0.1, 0.15) is 35.7 Å². The van der Waals surface area contributed by atoms with Gasteiger partial charge in [-0.3, -0.25) is 19.7 Å². The van der Waals surface area contributed by atoms with Gasteiger partial charge in [0.05, 0.1) is 11.5 Å². The molecule has 0 radical (unpaired) electrons. The minimum absolute atomic E-state index is 0.0457. The maximum absolute atomic E-state index is 12.7. The Morgan fingerprint density at radius 2 is 1.94 bits per heavy atom. The fourth-order valence-electron chi connectivity index (χ4n) is 2.54. The fraction of sp³-hybridized carbons (Fsp3) is 0.217. The highest BCUT2D eigenvalue weighted by Gasteiger charge is 2.15. The van der Waals surface area contributed by atoms with Crippen molar-refractivity contribution in [3.05, 3.63) is 88.1 Å². The Bertz CT molecular complexity index is 967. The van der Waals surface area contributed by atoms with Crippen LogP contribution in [0.25, 0.3) is 6.08 Å². The molecule has 8 heteroatoms. The van der Waals surface area contributed by atoms with E-state index in [1.54, 1.807) is 30.3 Å². The zero-order valence-electron chi connectivity index (χ0n) is 17.3. The number of nitrogens with zero attached hydrogens (tertiary/aromatic N) is 1. The van der Waals surface area contributed by atoms with Crippen molar-refractivity contribution >= 4 is 23.6 Å². The number of carbonyl (C=O) groups is 2. The van der Waals surface area contributed by atoms with Crippen LogP contribution in [0.15, 0.2) is 66.9 Å². The summed E-state index contributed by atoms with van der Waals surface area (Å²) in [4.78, 5) is 35.6. The minimum Gasteiger partial charge on any atom is -0.494 e. The first-order chi connectivity index (χ1) is 14.9. The minimum atomic E-state index is -0.542. The van der Waals surface area contributed by atoms with Gasteiger partial charge in [-0.25, -0.2) is 0 Å². The average Bonchev–Trinajstić information content (AvgIpc) is 2.77. The van der Waals surface area contributed by atoms with E-state index >= 15 is 0 Å². The van der Waals surface area contributed by atoms with Crippen molar-refractivity contribution < 1.29 is 19.2 Å². The molecule has 2 amide bonds. The van der Waals surface area contributed by atoms with E-state index in [4.69, 9.17) is 4.74 Å². The second-order valence-corrected chi connectivity index (χ2v) is 6.59. The summed E-state index contributed by atoms with van der Waals surface area (Å²) in [6, 6.07) is 12.3. The number of nitrogens with one attached hydrogen (secondary N) is 2. The smallest absolute Gasteiger partial charge is 0.270 e. The number of non-ortho nitro benzene ring substituents is 1. The molecule has 0 unspecified atom stereocenters. The second-order valence-electron chi connectivity index (χ2n) is 6.59. The third kappa shape index (κ3) is 7.43. The molecule has 162 valence electrons. The molecule has 0 aromatic heterocycles. The van der Waals surface area contributed by atoms with E-state index in [0.29, 0.717) is 23.5 Å². The molecule has 31 heavy (non-hydrogen) atoms. The predicted molar refractivity (Wildman–Crippen MR) is 119 cm³/mol. The van der Waals surface area contributed by atoms with Crippen LogP contribution in [0.2, 0.25) is 0 Å². The van der Waals surface area contributed by atoms with Gasteiger partial charge in [0.15, 0.2) is 0 Å². The molecule has 0 spiro atoms. The monoisotopic (exact) mass is 423 g/mol. The van der Waals surface area contributed by atoms with Crippen LogP contribution in [-0.2, 0) is 4.79 Å². The van der Waals surface area contributed by atoms with Gasteiger partial charge in [0.2, 0.25) is 0 Å². The van der Waals surface area contributed by atoms with Gasteiger partial charge < -0.3 is 15.4 Å². The van der Waals surface area contributed by atoms with E-state index in [0.717, 1.165) is 12.8 Å². The van der Waals surface area contributed by atoms with Crippen molar-refractivity contribution in [1.29, 1.82) is 0 Å². The highest BCUT2D eigenvalue weighted by Crippen LogP contribution is 2.16. The SMILES string of the molecule is C=CCNC(=O)/C(=C\c1cccc([N+](=O)[O-])c1)NC(=O)c1ccc(OCCCC)cc1. The highest BCUT2D eigenvalue weighted by atomic mass is 16.6. The second kappa shape index (κ2) is 11.9. The van der Waals surface area contributed by atoms with Crippen molar-refractivity contribution in [2.24, 2.45) is 0 Å². The summed E-state index contributed by atoms with van der Waals surface area (Å²) in [5.74, 6) is -0.383. The van der Waals surface area contributed by atoms with Crippen molar-refractivity contribution in [3.8, 4) is 5.75 Å². The summed E-state index contributed by atoms with van der Waals surface area (Å²) in [6.45, 7) is 6.41. The summed E-state index contributed by atoms with van der Waals surface area (Å²) >= 11 is 0. The molecule has 0 aliphatic heterocycles. The van der Waals surface area contributed by atoms with Gasteiger partial charge in [0.1, 0.15) is 11.4 Å². The fourth-order valence-corrected chi connectivity index (χ4v) is 2.54. The van der Waals surface area contributed by atoms with E-state index in [2.05, 4.69) is 24.1 Å². The van der Waals surface area contributed by atoms with E-state index < -0.39 is 16.7 Å². The molecule has 0 heterocycles. The lowest BCUT2D eigenvalue weighted by Crippen LogP contribution is -2.34. The van der Waals surface area contributed by atoms with Crippen molar-refractivity contribution in [2.75, 3.05) is 13.2 Å². The Hall–Kier alpha value is -3.94. The zero-order valence-corrected chi connectivity index (χ0v) is 17.3. The number of unbranched alkanes of at least 4 members (excludes halogenated alkanes) is 1. The summed E-state index contributed by atoms with van der Waals surface area (Å²) in [5, 5.41) is 16.2. The van der Waals surface area contributed by atoms with Crippen molar-refractivity contribution in [1.82, 2.24) is 10.6 Å². The van der Waals surface area contributed by atoms with E-state index in [1.807, 2.05) is 0 Å². The van der Waals surface area contributed by atoms with Gasteiger partial charge in [-0.15, -0.1) is 6.58 Å². The molecule has 2 aromatic carbocycles. The molecule has 0 bridgehead atoms. The first kappa shape index (κ1) is 23.3. The average molecular weight is 423 g/mol. The largest absolute Gasteiger partial charge is 0.494 e. The summed E-state index contributed by atoms with van der Waals surface area (Å²) < 4.78 is 5.58. The Morgan fingerprint density at radius 1 is 1.19 bits per heavy atom. The predicted octanol–water partition coefficient (Wildman–Crippen LogP) is 3.85. The molecule has 8 nitrogen and oxygen atoms in total. The highest BCUT2D eigenvalue weighted by molar-refractivity contribution is 6.05. The Balaban J connectivity index is 2.21. The van der Waals surface area contributed by atoms with Gasteiger partial charge in [0.25, 0.3) is 17.5 Å². The first-order valence-corrected chi connectivity index (χ1v) is 9.84. The summed E-state index contributed by atoms with van der Waals surface area (Å²) in [5.41, 5.74) is 0.572. The normalized spacial score (nSPS) is 10.8. The standard InChI is InChI=1S/C23H25N3O5/c1-3-5-14-31-20-11-9-18(10-12-20)22(27)25-21(23(28)24-13-4-2)16-17-7-6-8-19(15-17)26(29)30/h4,6-12,15-16H,2-3,5,13-14H2,1H3,(H,24,28)(H,25,27)/b21-16+. The molecule has 2 aromatic rings. The lowest BCUT2D eigenvalue weighted by Gasteiger charge is -2.11. The lowest BCUT2D eigenvalue weighted by molar-refractivity contribution is -0.384. The Morgan fingerprint density at radius 3 is 2.58 bits per heavy atom. The summed E-state index contributed by atoms with van der Waals surface area (Å²) in [6.07, 6.45) is 4.84. The van der Waals surface area contributed by atoms with E-state index in [1.165, 1.54) is 30.4 Å².